The highest BCUT2D eigenvalue weighted by atomic mass is 35.5. The quantitative estimate of drug-likeness (QED) is 0.878. The maximum Gasteiger partial charge on any atom is 0.231 e. The van der Waals surface area contributed by atoms with Crippen LogP contribution in [0.15, 0.2) is 18.2 Å². The van der Waals surface area contributed by atoms with Crippen molar-refractivity contribution in [2.75, 3.05) is 13.4 Å². The predicted octanol–water partition coefficient (Wildman–Crippen LogP) is 1.71. The van der Waals surface area contributed by atoms with Gasteiger partial charge in [-0.3, -0.25) is 0 Å². The Bertz CT molecular complexity index is 393. The van der Waals surface area contributed by atoms with Crippen molar-refractivity contribution in [1.29, 1.82) is 0 Å². The molecule has 0 spiro atoms. The minimum absolute atomic E-state index is 0. The van der Waals surface area contributed by atoms with Gasteiger partial charge in [-0.05, 0) is 25.0 Å². The second-order valence-corrected chi connectivity index (χ2v) is 4.17. The molecule has 1 saturated carbocycles. The lowest BCUT2D eigenvalue weighted by atomic mass is 10.3. The average Bonchev–Trinajstić information content (AvgIpc) is 2.80. The normalized spacial score (nSPS) is 18.8. The van der Waals surface area contributed by atoms with E-state index in [4.69, 9.17) is 19.9 Å². The maximum atomic E-state index is 5.93. The van der Waals surface area contributed by atoms with Crippen LogP contribution in [0, 0.1) is 0 Å². The van der Waals surface area contributed by atoms with E-state index in [0.717, 1.165) is 30.1 Å². The van der Waals surface area contributed by atoms with Crippen molar-refractivity contribution >= 4 is 12.4 Å². The summed E-state index contributed by atoms with van der Waals surface area (Å²) in [6, 6.07) is 5.57. The fraction of sp³-hybridized carbons (Fsp3) is 0.455. The van der Waals surface area contributed by atoms with Gasteiger partial charge >= 0.3 is 0 Å². The molecule has 5 heteroatoms. The number of hydrogen-bond acceptors (Lipinski definition) is 4. The summed E-state index contributed by atoms with van der Waals surface area (Å²) in [4.78, 5) is 0. The average molecular weight is 244 g/mol. The molecule has 1 aromatic rings. The molecule has 0 aromatic heterocycles. The lowest BCUT2D eigenvalue weighted by Gasteiger charge is -2.11. The Kier molecular flexibility index (Phi) is 2.86. The molecule has 88 valence electrons. The molecule has 1 aliphatic heterocycles. The van der Waals surface area contributed by atoms with Crippen molar-refractivity contribution < 1.29 is 14.2 Å². The number of benzene rings is 1. The van der Waals surface area contributed by atoms with E-state index in [1.54, 1.807) is 0 Å². The van der Waals surface area contributed by atoms with Crippen molar-refractivity contribution in [3.8, 4) is 17.2 Å². The molecule has 2 aliphatic rings. The Balaban J connectivity index is 0.000000963. The molecular formula is C11H14ClNO3. The number of ether oxygens (including phenoxy) is 3. The molecule has 16 heavy (non-hydrogen) atoms. The van der Waals surface area contributed by atoms with E-state index in [-0.39, 0.29) is 17.9 Å². The van der Waals surface area contributed by atoms with Crippen LogP contribution in [0.4, 0.5) is 0 Å². The second kappa shape index (κ2) is 4.03. The van der Waals surface area contributed by atoms with Crippen LogP contribution < -0.4 is 19.9 Å². The van der Waals surface area contributed by atoms with E-state index in [2.05, 4.69) is 0 Å². The van der Waals surface area contributed by atoms with Crippen LogP contribution >= 0.6 is 12.4 Å². The largest absolute Gasteiger partial charge is 0.492 e. The maximum absolute atomic E-state index is 5.93. The van der Waals surface area contributed by atoms with Gasteiger partial charge in [-0.2, -0.15) is 0 Å². The first-order chi connectivity index (χ1) is 7.25. The van der Waals surface area contributed by atoms with Gasteiger partial charge in [0.15, 0.2) is 11.5 Å². The van der Waals surface area contributed by atoms with Gasteiger partial charge in [0, 0.05) is 6.07 Å². The zero-order valence-corrected chi connectivity index (χ0v) is 9.59. The van der Waals surface area contributed by atoms with Crippen LogP contribution in [0.25, 0.3) is 0 Å². The fourth-order valence-electron chi connectivity index (χ4n) is 1.50. The molecule has 0 atom stereocenters. The number of halogens is 1. The van der Waals surface area contributed by atoms with Crippen LogP contribution in [0.5, 0.6) is 17.2 Å². The van der Waals surface area contributed by atoms with Gasteiger partial charge in [0.1, 0.15) is 12.4 Å². The first-order valence-corrected chi connectivity index (χ1v) is 5.07. The summed E-state index contributed by atoms with van der Waals surface area (Å²) in [5.41, 5.74) is 5.84. The highest BCUT2D eigenvalue weighted by Gasteiger charge is 2.39. The number of hydrogen-bond donors (Lipinski definition) is 1. The van der Waals surface area contributed by atoms with Gasteiger partial charge in [-0.15, -0.1) is 12.4 Å². The van der Waals surface area contributed by atoms with Crippen molar-refractivity contribution in [1.82, 2.24) is 0 Å². The van der Waals surface area contributed by atoms with Crippen LogP contribution in [0.1, 0.15) is 12.8 Å². The molecule has 0 bridgehead atoms. The highest BCUT2D eigenvalue weighted by molar-refractivity contribution is 5.85. The Morgan fingerprint density at radius 3 is 2.75 bits per heavy atom. The molecule has 2 N–H and O–H groups in total. The molecule has 0 saturated heterocycles. The monoisotopic (exact) mass is 243 g/mol. The Labute approximate surface area is 100 Å². The lowest BCUT2D eigenvalue weighted by Crippen LogP contribution is -2.29. The highest BCUT2D eigenvalue weighted by Crippen LogP contribution is 2.37. The van der Waals surface area contributed by atoms with Gasteiger partial charge in [0.25, 0.3) is 0 Å². The van der Waals surface area contributed by atoms with Crippen LogP contribution in [0.2, 0.25) is 0 Å². The summed E-state index contributed by atoms with van der Waals surface area (Å²) in [7, 11) is 0. The zero-order valence-electron chi connectivity index (χ0n) is 8.77. The Morgan fingerprint density at radius 1 is 1.25 bits per heavy atom. The third-order valence-corrected chi connectivity index (χ3v) is 2.76. The van der Waals surface area contributed by atoms with E-state index in [1.165, 1.54) is 0 Å². The Morgan fingerprint density at radius 2 is 2.00 bits per heavy atom. The summed E-state index contributed by atoms with van der Waals surface area (Å²) in [6.45, 7) is 0.867. The minimum atomic E-state index is -0.0869. The van der Waals surface area contributed by atoms with Gasteiger partial charge in [-0.1, -0.05) is 0 Å². The molecule has 0 amide bonds. The number of nitrogens with two attached hydrogens (primary N) is 1. The summed E-state index contributed by atoms with van der Waals surface area (Å²) in [5, 5.41) is 0. The van der Waals surface area contributed by atoms with E-state index in [9.17, 15) is 0 Å². The van der Waals surface area contributed by atoms with Crippen LogP contribution in [-0.2, 0) is 0 Å². The molecular weight excluding hydrogens is 230 g/mol. The third-order valence-electron chi connectivity index (χ3n) is 2.76. The molecule has 0 unspecified atom stereocenters. The SMILES string of the molecule is Cl.NC1(COc2ccc3c(c2)OCO3)CC1. The molecule has 0 radical (unpaired) electrons. The fourth-order valence-corrected chi connectivity index (χ4v) is 1.50. The van der Waals surface area contributed by atoms with Crippen molar-refractivity contribution in [3.63, 3.8) is 0 Å². The standard InChI is InChI=1S/C11H13NO3.ClH/c12-11(3-4-11)6-13-8-1-2-9-10(5-8)15-7-14-9;/h1-2,5H,3-4,6-7,12H2;1H. The summed E-state index contributed by atoms with van der Waals surface area (Å²) in [6.07, 6.45) is 2.11. The summed E-state index contributed by atoms with van der Waals surface area (Å²) in [5.74, 6) is 2.31. The third kappa shape index (κ3) is 2.18. The number of fused-ring (bicyclic) bond motifs is 1. The molecule has 1 heterocycles. The smallest absolute Gasteiger partial charge is 0.231 e. The van der Waals surface area contributed by atoms with Crippen molar-refractivity contribution in [3.05, 3.63) is 18.2 Å². The molecule has 1 aromatic carbocycles. The van der Waals surface area contributed by atoms with Gasteiger partial charge in [0.2, 0.25) is 6.79 Å². The summed E-state index contributed by atoms with van der Waals surface area (Å²) >= 11 is 0. The zero-order chi connectivity index (χ0) is 10.3. The molecule has 4 nitrogen and oxygen atoms in total. The van der Waals surface area contributed by atoms with Gasteiger partial charge < -0.3 is 19.9 Å². The Hall–Kier alpha value is -1.13. The van der Waals surface area contributed by atoms with Gasteiger partial charge in [0.05, 0.1) is 5.54 Å². The van der Waals surface area contributed by atoms with E-state index < -0.39 is 0 Å². The van der Waals surface area contributed by atoms with Crippen molar-refractivity contribution in [2.45, 2.75) is 18.4 Å². The topological polar surface area (TPSA) is 53.7 Å². The predicted molar refractivity (Wildman–Crippen MR) is 61.5 cm³/mol. The molecule has 3 rings (SSSR count). The van der Waals surface area contributed by atoms with Gasteiger partial charge in [-0.25, -0.2) is 0 Å². The van der Waals surface area contributed by atoms with Crippen LogP contribution in [-0.4, -0.2) is 18.9 Å². The van der Waals surface area contributed by atoms with Crippen LogP contribution in [0.3, 0.4) is 0 Å². The van der Waals surface area contributed by atoms with Crippen molar-refractivity contribution in [2.24, 2.45) is 5.73 Å². The lowest BCUT2D eigenvalue weighted by molar-refractivity contribution is 0.173. The van der Waals surface area contributed by atoms with E-state index >= 15 is 0 Å². The number of rotatable bonds is 3. The van der Waals surface area contributed by atoms with E-state index in [1.807, 2.05) is 18.2 Å². The minimum Gasteiger partial charge on any atom is -0.492 e. The summed E-state index contributed by atoms with van der Waals surface area (Å²) < 4.78 is 16.1. The molecule has 1 aliphatic carbocycles. The second-order valence-electron chi connectivity index (χ2n) is 4.17. The van der Waals surface area contributed by atoms with E-state index in [0.29, 0.717) is 13.4 Å². The first-order valence-electron chi connectivity index (χ1n) is 5.07. The first kappa shape index (κ1) is 11.4. The molecule has 1 fully saturated rings.